The maximum atomic E-state index is 13.0. The molecule has 6 heteroatoms. The Kier molecular flexibility index (Phi) is 6.09. The molecule has 5 atom stereocenters. The quantitative estimate of drug-likeness (QED) is 0.469. The van der Waals surface area contributed by atoms with Gasteiger partial charge in [0, 0.05) is 12.3 Å². The molecule has 3 aliphatic rings. The number of fused-ring (bicyclic) bond motifs is 1. The van der Waals surface area contributed by atoms with Gasteiger partial charge in [0.1, 0.15) is 16.8 Å². The van der Waals surface area contributed by atoms with Gasteiger partial charge in [-0.1, -0.05) is 54.6 Å². The molecule has 1 N–H and O–H groups in total. The molecule has 6 nitrogen and oxygen atoms in total. The van der Waals surface area contributed by atoms with Crippen LogP contribution in [0.25, 0.3) is 11.1 Å². The lowest BCUT2D eigenvalue weighted by Crippen LogP contribution is -2.70. The van der Waals surface area contributed by atoms with Crippen molar-refractivity contribution in [2.45, 2.75) is 50.7 Å². The summed E-state index contributed by atoms with van der Waals surface area (Å²) in [5.74, 6) is -1.88. The molecular formula is C29H30O6. The average Bonchev–Trinajstić information content (AvgIpc) is 3.07. The van der Waals surface area contributed by atoms with Crippen LogP contribution in [0, 0.1) is 17.3 Å². The van der Waals surface area contributed by atoms with Crippen LogP contribution < -0.4 is 0 Å². The molecule has 0 amide bonds. The van der Waals surface area contributed by atoms with Crippen molar-refractivity contribution in [3.8, 4) is 11.1 Å². The second-order valence-electron chi connectivity index (χ2n) is 10.00. The molecule has 0 radical (unpaired) electrons. The summed E-state index contributed by atoms with van der Waals surface area (Å²) in [5.41, 5.74) is 0.178. The van der Waals surface area contributed by atoms with E-state index in [2.05, 4.69) is 0 Å². The van der Waals surface area contributed by atoms with E-state index in [4.69, 9.17) is 9.47 Å². The van der Waals surface area contributed by atoms with E-state index in [1.165, 1.54) is 0 Å². The van der Waals surface area contributed by atoms with Gasteiger partial charge in [-0.2, -0.15) is 0 Å². The molecule has 2 aromatic rings. The molecule has 2 aromatic carbocycles. The number of ether oxygens (including phenoxy) is 2. The van der Waals surface area contributed by atoms with E-state index >= 15 is 0 Å². The average molecular weight is 475 g/mol. The molecule has 5 rings (SSSR count). The van der Waals surface area contributed by atoms with Gasteiger partial charge in [0.15, 0.2) is 0 Å². The SMILES string of the molecule is C[C@@]12OC(=O)[C@]1([C@@H](O)[C@@H]1C=CCCC1)CC(=O)[C@@H]2CCOC(=O)c1ccc(-c2ccccc2)cc1. The van der Waals surface area contributed by atoms with Crippen LogP contribution in [0.5, 0.6) is 0 Å². The van der Waals surface area contributed by atoms with Crippen LogP contribution in [-0.2, 0) is 19.1 Å². The summed E-state index contributed by atoms with van der Waals surface area (Å²) >= 11 is 0. The summed E-state index contributed by atoms with van der Waals surface area (Å²) in [4.78, 5) is 38.2. The van der Waals surface area contributed by atoms with E-state index in [9.17, 15) is 19.5 Å². The Morgan fingerprint density at radius 3 is 2.49 bits per heavy atom. The normalized spacial score (nSPS) is 30.2. The second-order valence-corrected chi connectivity index (χ2v) is 10.00. The third kappa shape index (κ3) is 3.80. The van der Waals surface area contributed by atoms with E-state index in [1.54, 1.807) is 19.1 Å². The minimum Gasteiger partial charge on any atom is -0.462 e. The molecule has 1 saturated heterocycles. The van der Waals surface area contributed by atoms with Crippen molar-refractivity contribution in [2.75, 3.05) is 6.61 Å². The van der Waals surface area contributed by atoms with Crippen LogP contribution in [0.2, 0.25) is 0 Å². The number of esters is 2. The van der Waals surface area contributed by atoms with Gasteiger partial charge in [0.25, 0.3) is 0 Å². The van der Waals surface area contributed by atoms with Crippen LogP contribution in [-0.4, -0.2) is 41.1 Å². The number of aliphatic hydroxyl groups is 1. The molecule has 2 aliphatic carbocycles. The summed E-state index contributed by atoms with van der Waals surface area (Å²) in [6.07, 6.45) is 5.90. The van der Waals surface area contributed by atoms with Crippen molar-refractivity contribution in [1.82, 2.24) is 0 Å². The van der Waals surface area contributed by atoms with Crippen molar-refractivity contribution < 1.29 is 29.0 Å². The van der Waals surface area contributed by atoms with Gasteiger partial charge in [0.2, 0.25) is 0 Å². The van der Waals surface area contributed by atoms with Gasteiger partial charge in [-0.05, 0) is 55.9 Å². The van der Waals surface area contributed by atoms with E-state index < -0.39 is 35.0 Å². The van der Waals surface area contributed by atoms with Gasteiger partial charge in [0.05, 0.1) is 24.2 Å². The van der Waals surface area contributed by atoms with Gasteiger partial charge < -0.3 is 14.6 Å². The first-order chi connectivity index (χ1) is 16.9. The molecule has 2 fully saturated rings. The molecule has 35 heavy (non-hydrogen) atoms. The minimum absolute atomic E-state index is 0.0261. The number of benzene rings is 2. The highest BCUT2D eigenvalue weighted by Crippen LogP contribution is 2.62. The Bertz CT molecular complexity index is 1150. The molecule has 1 aliphatic heterocycles. The van der Waals surface area contributed by atoms with Gasteiger partial charge in [-0.25, -0.2) is 4.79 Å². The van der Waals surface area contributed by atoms with Crippen molar-refractivity contribution in [1.29, 1.82) is 0 Å². The Hall–Kier alpha value is -3.25. The second kappa shape index (κ2) is 9.08. The molecule has 0 spiro atoms. The topological polar surface area (TPSA) is 89.9 Å². The Morgan fingerprint density at radius 1 is 1.11 bits per heavy atom. The zero-order chi connectivity index (χ0) is 24.6. The Morgan fingerprint density at radius 2 is 1.83 bits per heavy atom. The molecule has 182 valence electrons. The van der Waals surface area contributed by atoms with Crippen molar-refractivity contribution in [3.63, 3.8) is 0 Å². The highest BCUT2D eigenvalue weighted by molar-refractivity contribution is 6.00. The third-order valence-electron chi connectivity index (χ3n) is 8.13. The molecular weight excluding hydrogens is 444 g/mol. The first kappa shape index (κ1) is 23.5. The molecule has 1 heterocycles. The van der Waals surface area contributed by atoms with Gasteiger partial charge >= 0.3 is 11.9 Å². The highest BCUT2D eigenvalue weighted by Gasteiger charge is 2.78. The summed E-state index contributed by atoms with van der Waals surface area (Å²) < 4.78 is 11.0. The van der Waals surface area contributed by atoms with Crippen LogP contribution in [0.1, 0.15) is 49.4 Å². The van der Waals surface area contributed by atoms with Crippen molar-refractivity contribution >= 4 is 17.7 Å². The number of ketones is 1. The fraction of sp³-hybridized carbons (Fsp3) is 0.414. The summed E-state index contributed by atoms with van der Waals surface area (Å²) in [6.45, 7) is 1.77. The lowest BCUT2D eigenvalue weighted by molar-refractivity contribution is -0.263. The first-order valence-corrected chi connectivity index (χ1v) is 12.3. The molecule has 0 aromatic heterocycles. The van der Waals surface area contributed by atoms with E-state index in [1.807, 2.05) is 54.6 Å². The minimum atomic E-state index is -1.22. The molecule has 0 unspecified atom stereocenters. The fourth-order valence-corrected chi connectivity index (χ4v) is 6.07. The predicted octanol–water partition coefficient (Wildman–Crippen LogP) is 4.51. The van der Waals surface area contributed by atoms with Crippen LogP contribution in [0.4, 0.5) is 0 Å². The monoisotopic (exact) mass is 474 g/mol. The highest BCUT2D eigenvalue weighted by atomic mass is 16.6. The third-order valence-corrected chi connectivity index (χ3v) is 8.13. The summed E-state index contributed by atoms with van der Waals surface area (Å²) in [6, 6.07) is 17.1. The largest absolute Gasteiger partial charge is 0.462 e. The number of Topliss-reactive ketones (excluding diaryl/α,β-unsaturated/α-hetero) is 1. The maximum absolute atomic E-state index is 13.0. The number of hydrogen-bond donors (Lipinski definition) is 1. The zero-order valence-corrected chi connectivity index (χ0v) is 19.8. The van der Waals surface area contributed by atoms with Crippen LogP contribution >= 0.6 is 0 Å². The van der Waals surface area contributed by atoms with E-state index in [-0.39, 0.29) is 31.1 Å². The number of allylic oxidation sites excluding steroid dienone is 1. The lowest BCUT2D eigenvalue weighted by atomic mass is 9.60. The number of carbonyl (C=O) groups is 3. The maximum Gasteiger partial charge on any atom is 0.338 e. The number of rotatable bonds is 7. The lowest BCUT2D eigenvalue weighted by Gasteiger charge is -2.55. The predicted molar refractivity (Wildman–Crippen MR) is 129 cm³/mol. The summed E-state index contributed by atoms with van der Waals surface area (Å²) in [7, 11) is 0. The number of aliphatic hydroxyl groups excluding tert-OH is 1. The van der Waals surface area contributed by atoms with E-state index in [0.717, 1.165) is 30.4 Å². The Labute approximate surface area is 204 Å². The molecule has 1 saturated carbocycles. The Balaban J connectivity index is 1.23. The number of carbonyl (C=O) groups excluding carboxylic acids is 3. The number of hydrogen-bond acceptors (Lipinski definition) is 6. The fourth-order valence-electron chi connectivity index (χ4n) is 6.07. The van der Waals surface area contributed by atoms with Gasteiger partial charge in [-0.3, -0.25) is 9.59 Å². The molecule has 0 bridgehead atoms. The zero-order valence-electron chi connectivity index (χ0n) is 19.8. The van der Waals surface area contributed by atoms with Crippen LogP contribution in [0.3, 0.4) is 0 Å². The van der Waals surface area contributed by atoms with E-state index in [0.29, 0.717) is 5.56 Å². The van der Waals surface area contributed by atoms with Crippen molar-refractivity contribution in [3.05, 3.63) is 72.3 Å². The van der Waals surface area contributed by atoms with Crippen LogP contribution in [0.15, 0.2) is 66.7 Å². The smallest absolute Gasteiger partial charge is 0.338 e. The van der Waals surface area contributed by atoms with Gasteiger partial charge in [-0.15, -0.1) is 0 Å². The van der Waals surface area contributed by atoms with Crippen molar-refractivity contribution in [2.24, 2.45) is 17.3 Å². The summed E-state index contributed by atoms with van der Waals surface area (Å²) in [5, 5.41) is 11.2. The first-order valence-electron chi connectivity index (χ1n) is 12.3. The standard InChI is InChI=1S/C29H30O6/c1-28-23(24(30)18-29(28,27(33)35-28)25(31)21-10-6-3-7-11-21)16-17-34-26(32)22-14-12-20(13-15-22)19-8-4-2-5-9-19/h2,4-6,8-10,12-15,21,23,25,31H,3,7,11,16-18H2,1H3/t21-,23+,25+,28+,29-/m1/s1.